The van der Waals surface area contributed by atoms with E-state index in [1.807, 2.05) is 12.1 Å². The molecule has 0 atom stereocenters. The molecule has 0 fully saturated rings. The van der Waals surface area contributed by atoms with Gasteiger partial charge in [0, 0.05) is 6.54 Å². The summed E-state index contributed by atoms with van der Waals surface area (Å²) in [6.07, 6.45) is 0. The highest BCUT2D eigenvalue weighted by Gasteiger charge is 2.02. The lowest BCUT2D eigenvalue weighted by Crippen LogP contribution is -2.24. The average molecular weight is 204 g/mol. The van der Waals surface area contributed by atoms with Crippen molar-refractivity contribution in [3.8, 4) is 0 Å². The minimum Gasteiger partial charge on any atom is -0.392 e. The highest BCUT2D eigenvalue weighted by Crippen LogP contribution is 2.03. The van der Waals surface area contributed by atoms with Crippen molar-refractivity contribution in [3.05, 3.63) is 46.8 Å². The summed E-state index contributed by atoms with van der Waals surface area (Å²) in [4.78, 5) is 14.0. The van der Waals surface area contributed by atoms with Crippen molar-refractivity contribution >= 4 is 5.91 Å². The minimum absolute atomic E-state index is 0.0182. The van der Waals surface area contributed by atoms with Crippen LogP contribution in [0.5, 0.6) is 0 Å². The van der Waals surface area contributed by atoms with Gasteiger partial charge >= 0.3 is 0 Å². The number of amides is 1. The van der Waals surface area contributed by atoms with Crippen molar-refractivity contribution in [2.75, 3.05) is 6.54 Å². The van der Waals surface area contributed by atoms with Gasteiger partial charge in [-0.25, -0.2) is 6.57 Å². The van der Waals surface area contributed by atoms with Gasteiger partial charge in [-0.2, -0.15) is 0 Å². The molecule has 0 unspecified atom stereocenters. The van der Waals surface area contributed by atoms with Crippen LogP contribution in [0.15, 0.2) is 24.3 Å². The highest BCUT2D eigenvalue weighted by atomic mass is 16.3. The number of benzene rings is 1. The molecule has 1 rings (SSSR count). The molecule has 0 saturated carbocycles. The second-order valence-corrected chi connectivity index (χ2v) is 3.07. The van der Waals surface area contributed by atoms with Gasteiger partial charge in [0.1, 0.15) is 0 Å². The van der Waals surface area contributed by atoms with E-state index in [9.17, 15) is 4.79 Å². The van der Waals surface area contributed by atoms with Crippen LogP contribution in [0, 0.1) is 6.57 Å². The Bertz CT molecular complexity index is 365. The van der Waals surface area contributed by atoms with Crippen LogP contribution in [0.3, 0.4) is 0 Å². The van der Waals surface area contributed by atoms with E-state index in [0.29, 0.717) is 6.54 Å². The van der Waals surface area contributed by atoms with Gasteiger partial charge in [0.25, 0.3) is 12.5 Å². The SMILES string of the molecule is [C-]#[N+]CC(=O)NCc1ccc(CO)cc1. The molecule has 15 heavy (non-hydrogen) atoms. The fraction of sp³-hybridized carbons (Fsp3) is 0.273. The topological polar surface area (TPSA) is 53.7 Å². The smallest absolute Gasteiger partial charge is 0.300 e. The van der Waals surface area contributed by atoms with E-state index >= 15 is 0 Å². The summed E-state index contributed by atoms with van der Waals surface area (Å²) in [5.41, 5.74) is 1.79. The average Bonchev–Trinajstić information content (AvgIpc) is 2.27. The Balaban J connectivity index is 2.45. The highest BCUT2D eigenvalue weighted by molar-refractivity contribution is 5.79. The van der Waals surface area contributed by atoms with Gasteiger partial charge in [-0.1, -0.05) is 24.3 Å². The maximum Gasteiger partial charge on any atom is 0.300 e. The minimum atomic E-state index is -0.267. The Morgan fingerprint density at radius 1 is 1.33 bits per heavy atom. The van der Waals surface area contributed by atoms with Gasteiger partial charge < -0.3 is 15.3 Å². The first-order valence-electron chi connectivity index (χ1n) is 4.55. The number of nitrogens with one attached hydrogen (secondary N) is 1. The van der Waals surface area contributed by atoms with Crippen molar-refractivity contribution in [2.24, 2.45) is 0 Å². The molecule has 4 heteroatoms. The number of aliphatic hydroxyl groups excluding tert-OH is 1. The first kappa shape index (κ1) is 11.2. The number of nitrogens with zero attached hydrogens (tertiary/aromatic N) is 1. The fourth-order valence-corrected chi connectivity index (χ4v) is 1.09. The maximum absolute atomic E-state index is 11.0. The van der Waals surface area contributed by atoms with Crippen molar-refractivity contribution in [1.82, 2.24) is 5.32 Å². The fourth-order valence-electron chi connectivity index (χ4n) is 1.09. The number of rotatable bonds is 4. The lowest BCUT2D eigenvalue weighted by Gasteiger charge is -2.02. The van der Waals surface area contributed by atoms with Crippen LogP contribution >= 0.6 is 0 Å². The number of hydrogen-bond donors (Lipinski definition) is 2. The van der Waals surface area contributed by atoms with Gasteiger partial charge in [-0.15, -0.1) is 0 Å². The third kappa shape index (κ3) is 3.79. The zero-order chi connectivity index (χ0) is 11.1. The Morgan fingerprint density at radius 3 is 2.47 bits per heavy atom. The van der Waals surface area contributed by atoms with Crippen LogP contribution in [-0.2, 0) is 17.9 Å². The summed E-state index contributed by atoms with van der Waals surface area (Å²) in [6, 6.07) is 7.28. The Hall–Kier alpha value is -1.86. The summed E-state index contributed by atoms with van der Waals surface area (Å²) in [5, 5.41) is 11.4. The molecule has 2 N–H and O–H groups in total. The quantitative estimate of drug-likeness (QED) is 0.710. The molecular weight excluding hydrogens is 192 g/mol. The summed E-state index contributed by atoms with van der Waals surface area (Å²) in [7, 11) is 0. The molecule has 0 heterocycles. The summed E-state index contributed by atoms with van der Waals surface area (Å²) in [6.45, 7) is 6.81. The molecule has 0 bridgehead atoms. The predicted molar refractivity (Wildman–Crippen MR) is 55.7 cm³/mol. The van der Waals surface area contributed by atoms with E-state index in [2.05, 4.69) is 10.2 Å². The normalized spacial score (nSPS) is 9.33. The van der Waals surface area contributed by atoms with Crippen LogP contribution in [0.25, 0.3) is 4.85 Å². The van der Waals surface area contributed by atoms with Crippen molar-refractivity contribution in [2.45, 2.75) is 13.2 Å². The lowest BCUT2D eigenvalue weighted by molar-refractivity contribution is -0.119. The zero-order valence-electron chi connectivity index (χ0n) is 8.23. The Kier molecular flexibility index (Phi) is 4.32. The van der Waals surface area contributed by atoms with E-state index in [-0.39, 0.29) is 19.1 Å². The molecule has 0 saturated heterocycles. The summed E-state index contributed by atoms with van der Waals surface area (Å²) < 4.78 is 0. The maximum atomic E-state index is 11.0. The molecule has 4 nitrogen and oxygen atoms in total. The molecule has 0 aliphatic rings. The van der Waals surface area contributed by atoms with Crippen LogP contribution in [-0.4, -0.2) is 17.6 Å². The number of aliphatic hydroxyl groups is 1. The lowest BCUT2D eigenvalue weighted by atomic mass is 10.1. The monoisotopic (exact) mass is 204 g/mol. The van der Waals surface area contributed by atoms with Gasteiger partial charge in [-0.05, 0) is 11.1 Å². The number of carbonyl (C=O) groups excluding carboxylic acids is 1. The van der Waals surface area contributed by atoms with Gasteiger partial charge in [0.2, 0.25) is 0 Å². The third-order valence-electron chi connectivity index (χ3n) is 1.92. The second kappa shape index (κ2) is 5.78. The molecular formula is C11H12N2O2. The van der Waals surface area contributed by atoms with Gasteiger partial charge in [-0.3, -0.25) is 4.79 Å². The zero-order valence-corrected chi connectivity index (χ0v) is 8.23. The third-order valence-corrected chi connectivity index (χ3v) is 1.92. The first-order valence-corrected chi connectivity index (χ1v) is 4.55. The van der Waals surface area contributed by atoms with E-state index < -0.39 is 0 Å². The molecule has 0 aliphatic carbocycles. The van der Waals surface area contributed by atoms with E-state index in [0.717, 1.165) is 11.1 Å². The molecule has 78 valence electrons. The summed E-state index contributed by atoms with van der Waals surface area (Å²) in [5.74, 6) is -0.267. The largest absolute Gasteiger partial charge is 0.392 e. The number of carbonyl (C=O) groups is 1. The predicted octanol–water partition coefficient (Wildman–Crippen LogP) is 0.714. The molecule has 1 aromatic rings. The second-order valence-electron chi connectivity index (χ2n) is 3.07. The Labute approximate surface area is 88.4 Å². The van der Waals surface area contributed by atoms with Crippen molar-refractivity contribution in [3.63, 3.8) is 0 Å². The van der Waals surface area contributed by atoms with Crippen LogP contribution in [0.4, 0.5) is 0 Å². The van der Waals surface area contributed by atoms with E-state index in [1.54, 1.807) is 12.1 Å². The molecule has 0 aliphatic heterocycles. The molecule has 1 amide bonds. The molecule has 0 radical (unpaired) electrons. The molecule has 0 aromatic heterocycles. The van der Waals surface area contributed by atoms with Crippen molar-refractivity contribution in [1.29, 1.82) is 0 Å². The van der Waals surface area contributed by atoms with Crippen LogP contribution < -0.4 is 5.32 Å². The van der Waals surface area contributed by atoms with Gasteiger partial charge in [0.05, 0.1) is 6.61 Å². The number of hydrogen-bond acceptors (Lipinski definition) is 2. The van der Waals surface area contributed by atoms with E-state index in [1.165, 1.54) is 0 Å². The van der Waals surface area contributed by atoms with Crippen molar-refractivity contribution < 1.29 is 9.90 Å². The van der Waals surface area contributed by atoms with E-state index in [4.69, 9.17) is 11.7 Å². The molecule has 0 spiro atoms. The van der Waals surface area contributed by atoms with Gasteiger partial charge in [0.15, 0.2) is 0 Å². The first-order chi connectivity index (χ1) is 7.26. The van der Waals surface area contributed by atoms with Crippen LogP contribution in [0.1, 0.15) is 11.1 Å². The summed E-state index contributed by atoms with van der Waals surface area (Å²) >= 11 is 0. The standard InChI is InChI=1S/C11H12N2O2/c1-12-7-11(15)13-6-9-2-4-10(8-14)5-3-9/h2-5,14H,6-8H2,(H,13,15). The molecule has 1 aromatic carbocycles. The Morgan fingerprint density at radius 2 is 1.93 bits per heavy atom. The van der Waals surface area contributed by atoms with Crippen LogP contribution in [0.2, 0.25) is 0 Å².